The number of benzene rings is 1. The Morgan fingerprint density at radius 2 is 1.80 bits per heavy atom. The van der Waals surface area contributed by atoms with Crippen LogP contribution in [0.3, 0.4) is 0 Å². The van der Waals surface area contributed by atoms with E-state index in [1.54, 1.807) is 6.92 Å². The van der Waals surface area contributed by atoms with E-state index in [0.29, 0.717) is 0 Å². The minimum Gasteiger partial charge on any atom is -0.510 e. The Labute approximate surface area is 235 Å². The Balaban J connectivity index is 1.87. The molecule has 0 heterocycles. The van der Waals surface area contributed by atoms with Crippen LogP contribution < -0.4 is 16.4 Å². The fraction of sp³-hybridized carbons (Fsp3) is 0.500. The molecule has 3 aliphatic carbocycles. The van der Waals surface area contributed by atoms with Gasteiger partial charge in [0, 0.05) is 28.7 Å². The highest BCUT2D eigenvalue weighted by Gasteiger charge is 2.64. The van der Waals surface area contributed by atoms with Crippen molar-refractivity contribution in [2.24, 2.45) is 17.6 Å². The van der Waals surface area contributed by atoms with Crippen molar-refractivity contribution < 1.29 is 44.0 Å². The maximum Gasteiger partial charge on any atom is 0.255 e. The second-order valence-electron chi connectivity index (χ2n) is 12.2. The lowest BCUT2D eigenvalue weighted by molar-refractivity contribution is -0.148. The molecule has 8 N–H and O–H groups in total. The summed E-state index contributed by atoms with van der Waals surface area (Å²) >= 11 is 0. The molecule has 1 aromatic rings. The predicted octanol–water partition coefficient (Wildman–Crippen LogP) is 1.15. The van der Waals surface area contributed by atoms with E-state index in [4.69, 9.17) is 5.73 Å². The summed E-state index contributed by atoms with van der Waals surface area (Å²) in [5.74, 6) is -10.8. The van der Waals surface area contributed by atoms with Gasteiger partial charge in [-0.15, -0.1) is 0 Å². The molecule has 13 heteroatoms. The number of Topliss-reactive ketones (excluding diaryl/α,β-unsaturated/α-hetero) is 2. The summed E-state index contributed by atoms with van der Waals surface area (Å²) in [6, 6.07) is -0.258. The standard InChI is InChI=1S/C28H35FN4O8/c1-10-11-7-12-20(33(5)6)23(37)19(26(30)40)25(39)28(12,41)24(38)17(11)22(36)18-16(10)13(29)8-14(21(18)35)32-15(34)9-31-27(2,3)4/h8,10-12,20,31,35,37-38,41H,7,9H2,1-6H3,(H2,30,40)(H,32,34)/t10-,11-,12+,20+,28+/m1/s1. The van der Waals surface area contributed by atoms with Crippen molar-refractivity contribution in [3.8, 4) is 5.75 Å². The van der Waals surface area contributed by atoms with Gasteiger partial charge in [-0.1, -0.05) is 6.92 Å². The lowest BCUT2D eigenvalue weighted by Crippen LogP contribution is -2.64. The SMILES string of the molecule is C[C@H]1c2c(F)cc(NC(=O)CNC(C)(C)C)c(O)c2C(=O)C2=C(O)[C@]3(O)C(=O)C(C(N)=O)=C(O)[C@@H](N(C)C)[C@@H]3C[C@@H]21. The van der Waals surface area contributed by atoms with E-state index in [1.165, 1.54) is 19.0 Å². The Kier molecular flexibility index (Phi) is 7.30. The molecule has 41 heavy (non-hydrogen) atoms. The first-order chi connectivity index (χ1) is 18.8. The number of fused-ring (bicyclic) bond motifs is 3. The fourth-order valence-corrected chi connectivity index (χ4v) is 6.27. The molecule has 0 saturated carbocycles. The van der Waals surface area contributed by atoms with Gasteiger partial charge in [0.1, 0.15) is 22.9 Å². The molecule has 0 unspecified atom stereocenters. The summed E-state index contributed by atoms with van der Waals surface area (Å²) < 4.78 is 15.6. The zero-order valence-electron chi connectivity index (χ0n) is 23.6. The number of nitrogens with one attached hydrogen (secondary N) is 2. The minimum atomic E-state index is -2.82. The highest BCUT2D eigenvalue weighted by atomic mass is 19.1. The van der Waals surface area contributed by atoms with Gasteiger partial charge in [-0.2, -0.15) is 0 Å². The van der Waals surface area contributed by atoms with E-state index in [2.05, 4.69) is 10.6 Å². The smallest absolute Gasteiger partial charge is 0.255 e. The molecule has 3 aliphatic rings. The summed E-state index contributed by atoms with van der Waals surface area (Å²) in [4.78, 5) is 53.2. The molecule has 222 valence electrons. The molecule has 5 atom stereocenters. The molecule has 12 nitrogen and oxygen atoms in total. The van der Waals surface area contributed by atoms with Gasteiger partial charge in [0.15, 0.2) is 17.1 Å². The molecule has 0 spiro atoms. The molecular formula is C28H35FN4O8. The van der Waals surface area contributed by atoms with Gasteiger partial charge < -0.3 is 36.8 Å². The van der Waals surface area contributed by atoms with Gasteiger partial charge in [-0.25, -0.2) is 4.39 Å². The monoisotopic (exact) mass is 574 g/mol. The Morgan fingerprint density at radius 3 is 2.34 bits per heavy atom. The molecule has 2 amide bonds. The number of nitrogens with zero attached hydrogens (tertiary/aromatic N) is 1. The highest BCUT2D eigenvalue weighted by molar-refractivity contribution is 6.25. The number of primary amides is 1. The summed E-state index contributed by atoms with van der Waals surface area (Å²) in [6.45, 7) is 6.87. The average Bonchev–Trinajstić information content (AvgIpc) is 2.84. The van der Waals surface area contributed by atoms with Crippen molar-refractivity contribution in [1.29, 1.82) is 0 Å². The van der Waals surface area contributed by atoms with Crippen molar-refractivity contribution in [3.63, 3.8) is 0 Å². The molecule has 0 saturated heterocycles. The van der Waals surface area contributed by atoms with Crippen LogP contribution in [0.1, 0.15) is 56.0 Å². The van der Waals surface area contributed by atoms with E-state index < -0.39 is 98.1 Å². The first-order valence-corrected chi connectivity index (χ1v) is 13.1. The van der Waals surface area contributed by atoms with Gasteiger partial charge in [0.05, 0.1) is 23.8 Å². The lowest BCUT2D eigenvalue weighted by atomic mass is 9.56. The van der Waals surface area contributed by atoms with E-state index in [1.807, 2.05) is 20.8 Å². The zero-order valence-corrected chi connectivity index (χ0v) is 23.6. The number of aliphatic hydroxyl groups is 3. The Hall–Kier alpha value is -3.81. The van der Waals surface area contributed by atoms with Gasteiger partial charge in [0.2, 0.25) is 11.7 Å². The number of nitrogens with two attached hydrogens (primary N) is 1. The maximum atomic E-state index is 15.6. The Morgan fingerprint density at radius 1 is 1.20 bits per heavy atom. The van der Waals surface area contributed by atoms with Gasteiger partial charge in [0.25, 0.3) is 5.91 Å². The third-order valence-corrected chi connectivity index (χ3v) is 8.20. The number of carbonyl (C=O) groups excluding carboxylic acids is 4. The first kappa shape index (κ1) is 30.2. The second kappa shape index (κ2) is 9.93. The van der Waals surface area contributed by atoms with Crippen LogP contribution in [0.2, 0.25) is 0 Å². The van der Waals surface area contributed by atoms with Gasteiger partial charge >= 0.3 is 0 Å². The fourth-order valence-electron chi connectivity index (χ4n) is 6.27. The van der Waals surface area contributed by atoms with Crippen LogP contribution in [0, 0.1) is 17.7 Å². The minimum absolute atomic E-state index is 0.161. The molecule has 0 aromatic heterocycles. The number of hydrogen-bond donors (Lipinski definition) is 7. The van der Waals surface area contributed by atoms with Gasteiger partial charge in [-0.3, -0.25) is 24.1 Å². The van der Waals surface area contributed by atoms with Crippen LogP contribution in [0.15, 0.2) is 28.7 Å². The number of amides is 2. The highest BCUT2D eigenvalue weighted by Crippen LogP contribution is 2.56. The second-order valence-corrected chi connectivity index (χ2v) is 12.2. The zero-order chi connectivity index (χ0) is 30.9. The largest absolute Gasteiger partial charge is 0.510 e. The number of phenols is 1. The maximum absolute atomic E-state index is 15.6. The van der Waals surface area contributed by atoms with Gasteiger partial charge in [-0.05, 0) is 53.1 Å². The summed E-state index contributed by atoms with van der Waals surface area (Å²) in [5.41, 5.74) is -0.308. The van der Waals surface area contributed by atoms with Crippen LogP contribution in [-0.4, -0.2) is 86.5 Å². The summed E-state index contributed by atoms with van der Waals surface area (Å²) in [6.07, 6.45) is -0.176. The van der Waals surface area contributed by atoms with Crippen molar-refractivity contribution in [1.82, 2.24) is 10.2 Å². The number of aliphatic hydroxyl groups excluding tert-OH is 2. The number of rotatable bonds is 5. The molecule has 0 aliphatic heterocycles. The summed E-state index contributed by atoms with van der Waals surface area (Å²) in [7, 11) is 3.03. The number of anilines is 1. The molecule has 1 aromatic carbocycles. The quantitative estimate of drug-likeness (QED) is 0.197. The van der Waals surface area contributed by atoms with Crippen molar-refractivity contribution in [2.45, 2.75) is 57.2 Å². The van der Waals surface area contributed by atoms with Crippen LogP contribution in [-0.2, 0) is 14.4 Å². The molecule has 0 fully saturated rings. The predicted molar refractivity (Wildman–Crippen MR) is 145 cm³/mol. The number of aromatic hydroxyl groups is 1. The van der Waals surface area contributed by atoms with Crippen LogP contribution in [0.4, 0.5) is 10.1 Å². The molecule has 4 rings (SSSR count). The number of likely N-dealkylation sites (N-methyl/N-ethyl adjacent to an activating group) is 1. The molecular weight excluding hydrogens is 539 g/mol. The third-order valence-electron chi connectivity index (χ3n) is 8.20. The summed E-state index contributed by atoms with van der Waals surface area (Å²) in [5, 5.41) is 50.3. The average molecular weight is 575 g/mol. The van der Waals surface area contributed by atoms with E-state index >= 15 is 4.39 Å². The Bertz CT molecular complexity index is 1440. The van der Waals surface area contributed by atoms with Crippen LogP contribution >= 0.6 is 0 Å². The van der Waals surface area contributed by atoms with Crippen molar-refractivity contribution in [2.75, 3.05) is 26.0 Å². The van der Waals surface area contributed by atoms with E-state index in [9.17, 15) is 39.6 Å². The number of allylic oxidation sites excluding steroid dienone is 1. The van der Waals surface area contributed by atoms with E-state index in [-0.39, 0.29) is 24.2 Å². The van der Waals surface area contributed by atoms with Crippen molar-refractivity contribution in [3.05, 3.63) is 45.7 Å². The molecule has 0 radical (unpaired) electrons. The van der Waals surface area contributed by atoms with Crippen LogP contribution in [0.5, 0.6) is 5.75 Å². The lowest BCUT2D eigenvalue weighted by Gasteiger charge is -2.51. The number of phenolic OH excluding ortho intramolecular Hbond substituents is 1. The topological polar surface area (TPSA) is 203 Å². The number of ketones is 2. The first-order valence-electron chi connectivity index (χ1n) is 13.1. The van der Waals surface area contributed by atoms with Crippen molar-refractivity contribution >= 4 is 29.1 Å². The number of halogens is 1. The molecule has 0 bridgehead atoms. The van der Waals surface area contributed by atoms with Crippen LogP contribution in [0.25, 0.3) is 0 Å². The van der Waals surface area contributed by atoms with E-state index in [0.717, 1.165) is 6.07 Å². The normalized spacial score (nSPS) is 27.9. The number of carbonyl (C=O) groups is 4. The third kappa shape index (κ3) is 4.57. The number of hydrogen-bond acceptors (Lipinski definition) is 10.